The first kappa shape index (κ1) is 14.0. The second-order valence-corrected chi connectivity index (χ2v) is 5.95. The molecule has 4 heteroatoms. The number of rotatable bonds is 1. The molecule has 0 bridgehead atoms. The molecule has 0 spiro atoms. The first-order chi connectivity index (χ1) is 10.1. The van der Waals surface area contributed by atoms with Crippen molar-refractivity contribution in [3.63, 3.8) is 0 Å². The molecule has 1 unspecified atom stereocenters. The Kier molecular flexibility index (Phi) is 3.60. The van der Waals surface area contributed by atoms with Crippen LogP contribution in [0.3, 0.4) is 0 Å². The molecule has 3 nitrogen and oxygen atoms in total. The van der Waals surface area contributed by atoms with E-state index in [0.717, 1.165) is 17.7 Å². The van der Waals surface area contributed by atoms with Gasteiger partial charge in [0.2, 0.25) is 0 Å². The summed E-state index contributed by atoms with van der Waals surface area (Å²) in [5.74, 6) is 0.124. The monoisotopic (exact) mass is 301 g/mol. The standard InChI is InChI=1S/C17H16ClNO2/c1-11-8-12-4-2-3-5-15(12)19(10-11)17(21)14-9-13(18)6-7-16(14)20/h2-7,9,11,20H,8,10H2,1H3. The number of aromatic hydroxyl groups is 1. The van der Waals surface area contributed by atoms with Gasteiger partial charge >= 0.3 is 0 Å². The van der Waals surface area contributed by atoms with E-state index in [4.69, 9.17) is 11.6 Å². The van der Waals surface area contributed by atoms with Gasteiger partial charge in [0.1, 0.15) is 5.75 Å². The summed E-state index contributed by atoms with van der Waals surface area (Å²) in [4.78, 5) is 14.5. The molecule has 0 saturated heterocycles. The maximum atomic E-state index is 12.8. The van der Waals surface area contributed by atoms with Gasteiger partial charge in [0.05, 0.1) is 5.56 Å². The van der Waals surface area contributed by atoms with Gasteiger partial charge in [0, 0.05) is 17.3 Å². The maximum Gasteiger partial charge on any atom is 0.262 e. The number of hydrogen-bond donors (Lipinski definition) is 1. The summed E-state index contributed by atoms with van der Waals surface area (Å²) in [6.07, 6.45) is 0.960. The smallest absolute Gasteiger partial charge is 0.262 e. The molecule has 0 saturated carbocycles. The Labute approximate surface area is 128 Å². The molecule has 2 aromatic carbocycles. The molecule has 1 atom stereocenters. The number of carbonyl (C=O) groups is 1. The third-order valence-corrected chi connectivity index (χ3v) is 4.01. The van der Waals surface area contributed by atoms with Crippen molar-refractivity contribution in [1.82, 2.24) is 0 Å². The van der Waals surface area contributed by atoms with Crippen LogP contribution >= 0.6 is 11.6 Å². The van der Waals surface area contributed by atoms with Crippen molar-refractivity contribution < 1.29 is 9.90 Å². The van der Waals surface area contributed by atoms with Crippen LogP contribution in [-0.2, 0) is 6.42 Å². The maximum absolute atomic E-state index is 12.8. The van der Waals surface area contributed by atoms with Gasteiger partial charge in [-0.2, -0.15) is 0 Å². The molecule has 1 heterocycles. The number of anilines is 1. The molecular weight excluding hydrogens is 286 g/mol. The van der Waals surface area contributed by atoms with Crippen molar-refractivity contribution >= 4 is 23.2 Å². The Morgan fingerprint density at radius 1 is 1.29 bits per heavy atom. The lowest BCUT2D eigenvalue weighted by molar-refractivity contribution is 0.0978. The molecule has 2 aromatic rings. The summed E-state index contributed by atoms with van der Waals surface area (Å²) in [5, 5.41) is 10.4. The molecule has 1 aliphatic rings. The van der Waals surface area contributed by atoms with Gasteiger partial charge in [-0.25, -0.2) is 0 Å². The number of phenols is 1. The average molecular weight is 302 g/mol. The van der Waals surface area contributed by atoms with Crippen LogP contribution in [-0.4, -0.2) is 17.6 Å². The Hall–Kier alpha value is -2.00. The molecule has 108 valence electrons. The minimum absolute atomic E-state index is 0.0416. The summed E-state index contributed by atoms with van der Waals surface area (Å²) < 4.78 is 0. The molecule has 1 N–H and O–H groups in total. The summed E-state index contributed by atoms with van der Waals surface area (Å²) in [7, 11) is 0. The van der Waals surface area contributed by atoms with Gasteiger partial charge in [-0.3, -0.25) is 4.79 Å². The fourth-order valence-corrected chi connectivity index (χ4v) is 2.99. The number of fused-ring (bicyclic) bond motifs is 1. The Balaban J connectivity index is 2.04. The van der Waals surface area contributed by atoms with E-state index < -0.39 is 0 Å². The average Bonchev–Trinajstić information content (AvgIpc) is 2.48. The first-order valence-corrected chi connectivity index (χ1v) is 7.32. The lowest BCUT2D eigenvalue weighted by Gasteiger charge is -2.33. The number of amides is 1. The summed E-state index contributed by atoms with van der Waals surface area (Å²) in [6, 6.07) is 12.4. The minimum atomic E-state index is -0.214. The topological polar surface area (TPSA) is 40.5 Å². The third-order valence-electron chi connectivity index (χ3n) is 3.78. The SMILES string of the molecule is CC1Cc2ccccc2N(C(=O)c2cc(Cl)ccc2O)C1. The second kappa shape index (κ2) is 5.41. The van der Waals surface area contributed by atoms with Crippen molar-refractivity contribution in [3.05, 3.63) is 58.6 Å². The van der Waals surface area contributed by atoms with Crippen molar-refractivity contribution in [2.45, 2.75) is 13.3 Å². The van der Waals surface area contributed by atoms with Crippen LogP contribution in [0.2, 0.25) is 5.02 Å². The van der Waals surface area contributed by atoms with E-state index in [-0.39, 0.29) is 17.2 Å². The van der Waals surface area contributed by atoms with E-state index in [1.165, 1.54) is 12.1 Å². The van der Waals surface area contributed by atoms with E-state index in [1.807, 2.05) is 24.3 Å². The molecule has 3 rings (SSSR count). The highest BCUT2D eigenvalue weighted by Gasteiger charge is 2.28. The molecular formula is C17H16ClNO2. The van der Waals surface area contributed by atoms with E-state index in [2.05, 4.69) is 6.92 Å². The van der Waals surface area contributed by atoms with Gasteiger partial charge in [-0.15, -0.1) is 0 Å². The summed E-state index contributed by atoms with van der Waals surface area (Å²) >= 11 is 5.95. The fraction of sp³-hybridized carbons (Fsp3) is 0.235. The zero-order chi connectivity index (χ0) is 15.0. The van der Waals surface area contributed by atoms with Crippen LogP contribution in [0.25, 0.3) is 0 Å². The number of para-hydroxylation sites is 1. The summed E-state index contributed by atoms with van der Waals surface area (Å²) in [6.45, 7) is 2.76. The van der Waals surface area contributed by atoms with Crippen LogP contribution in [0.15, 0.2) is 42.5 Å². The lowest BCUT2D eigenvalue weighted by Crippen LogP contribution is -2.39. The lowest BCUT2D eigenvalue weighted by atomic mass is 9.93. The number of hydrogen-bond acceptors (Lipinski definition) is 2. The van der Waals surface area contributed by atoms with Crippen molar-refractivity contribution in [3.8, 4) is 5.75 Å². The van der Waals surface area contributed by atoms with E-state index in [1.54, 1.807) is 11.0 Å². The number of carbonyl (C=O) groups excluding carboxylic acids is 1. The van der Waals surface area contributed by atoms with Crippen LogP contribution in [0.4, 0.5) is 5.69 Å². The molecule has 0 aromatic heterocycles. The largest absolute Gasteiger partial charge is 0.507 e. The van der Waals surface area contributed by atoms with Crippen LogP contribution in [0.1, 0.15) is 22.8 Å². The zero-order valence-electron chi connectivity index (χ0n) is 11.7. The highest BCUT2D eigenvalue weighted by Crippen LogP contribution is 2.32. The van der Waals surface area contributed by atoms with E-state index >= 15 is 0 Å². The Bertz CT molecular complexity index is 699. The van der Waals surface area contributed by atoms with Gasteiger partial charge < -0.3 is 10.0 Å². The van der Waals surface area contributed by atoms with Crippen LogP contribution in [0.5, 0.6) is 5.75 Å². The Morgan fingerprint density at radius 2 is 2.05 bits per heavy atom. The predicted molar refractivity (Wildman–Crippen MR) is 84.1 cm³/mol. The van der Waals surface area contributed by atoms with Gasteiger partial charge in [-0.1, -0.05) is 36.7 Å². The van der Waals surface area contributed by atoms with Gasteiger partial charge in [-0.05, 0) is 42.2 Å². The highest BCUT2D eigenvalue weighted by molar-refractivity contribution is 6.31. The minimum Gasteiger partial charge on any atom is -0.507 e. The van der Waals surface area contributed by atoms with E-state index in [0.29, 0.717) is 17.5 Å². The van der Waals surface area contributed by atoms with Crippen LogP contribution in [0, 0.1) is 5.92 Å². The molecule has 0 aliphatic carbocycles. The molecule has 0 fully saturated rings. The number of phenolic OH excluding ortho intramolecular Hbond substituents is 1. The second-order valence-electron chi connectivity index (χ2n) is 5.52. The highest BCUT2D eigenvalue weighted by atomic mass is 35.5. The zero-order valence-corrected chi connectivity index (χ0v) is 12.5. The van der Waals surface area contributed by atoms with Crippen molar-refractivity contribution in [1.29, 1.82) is 0 Å². The molecule has 0 radical (unpaired) electrons. The van der Waals surface area contributed by atoms with Crippen LogP contribution < -0.4 is 4.90 Å². The predicted octanol–water partition coefficient (Wildman–Crippen LogP) is 3.88. The molecule has 1 aliphatic heterocycles. The Morgan fingerprint density at radius 3 is 2.86 bits per heavy atom. The number of nitrogens with zero attached hydrogens (tertiary/aromatic N) is 1. The van der Waals surface area contributed by atoms with Gasteiger partial charge in [0.15, 0.2) is 0 Å². The quantitative estimate of drug-likeness (QED) is 0.868. The fourth-order valence-electron chi connectivity index (χ4n) is 2.81. The normalized spacial score (nSPS) is 17.4. The van der Waals surface area contributed by atoms with Crippen molar-refractivity contribution in [2.24, 2.45) is 5.92 Å². The summed E-state index contributed by atoms with van der Waals surface area (Å²) in [5.41, 5.74) is 2.32. The van der Waals surface area contributed by atoms with E-state index in [9.17, 15) is 9.90 Å². The number of halogens is 1. The third kappa shape index (κ3) is 2.61. The molecule has 1 amide bonds. The molecule has 21 heavy (non-hydrogen) atoms. The van der Waals surface area contributed by atoms with Gasteiger partial charge in [0.25, 0.3) is 5.91 Å². The van der Waals surface area contributed by atoms with Crippen molar-refractivity contribution in [2.75, 3.05) is 11.4 Å². The first-order valence-electron chi connectivity index (χ1n) is 6.94. The number of benzene rings is 2.